The maximum atomic E-state index is 12.3. The van der Waals surface area contributed by atoms with Crippen LogP contribution in [0.3, 0.4) is 0 Å². The monoisotopic (exact) mass is 475 g/mol. The van der Waals surface area contributed by atoms with Gasteiger partial charge in [0, 0.05) is 30.6 Å². The van der Waals surface area contributed by atoms with E-state index < -0.39 is 0 Å². The van der Waals surface area contributed by atoms with Crippen molar-refractivity contribution in [1.29, 1.82) is 0 Å². The maximum absolute atomic E-state index is 12.3. The van der Waals surface area contributed by atoms with Gasteiger partial charge in [-0.15, -0.1) is 21.3 Å². The van der Waals surface area contributed by atoms with Gasteiger partial charge >= 0.3 is 5.95 Å². The minimum Gasteiger partial charge on any atom is -0.327 e. The Morgan fingerprint density at radius 2 is 2.21 bits per heavy atom. The molecule has 10 heteroatoms. The van der Waals surface area contributed by atoms with Crippen molar-refractivity contribution in [3.63, 3.8) is 0 Å². The first-order chi connectivity index (χ1) is 16.7. The second-order valence-electron chi connectivity index (χ2n) is 8.36. The molecule has 9 nitrogen and oxygen atoms in total. The Morgan fingerprint density at radius 3 is 3.00 bits per heavy atom. The molecule has 5 heterocycles. The van der Waals surface area contributed by atoms with E-state index in [-0.39, 0.29) is 11.5 Å². The Labute approximate surface area is 201 Å². The van der Waals surface area contributed by atoms with Gasteiger partial charge in [0.05, 0.1) is 35.7 Å². The van der Waals surface area contributed by atoms with Crippen LogP contribution in [0.2, 0.25) is 0 Å². The summed E-state index contributed by atoms with van der Waals surface area (Å²) in [4.78, 5) is 35.7. The summed E-state index contributed by atoms with van der Waals surface area (Å²) in [5.74, 6) is 1.58. The average Bonchev–Trinajstić information content (AvgIpc) is 3.56. The zero-order valence-corrected chi connectivity index (χ0v) is 19.5. The van der Waals surface area contributed by atoms with Gasteiger partial charge in [-0.2, -0.15) is 4.57 Å². The summed E-state index contributed by atoms with van der Waals surface area (Å²) in [6.45, 7) is 3.11. The minimum atomic E-state index is -0.0968. The Hall–Kier alpha value is -3.47. The fourth-order valence-corrected chi connectivity index (χ4v) is 4.92. The van der Waals surface area contributed by atoms with Gasteiger partial charge in [-0.25, -0.2) is 4.98 Å². The number of hydrogen-bond donors (Lipinski definition) is 3. The van der Waals surface area contributed by atoms with Gasteiger partial charge in [-0.1, -0.05) is 18.2 Å². The number of rotatable bonds is 7. The molecule has 0 saturated carbocycles. The van der Waals surface area contributed by atoms with Crippen LogP contribution in [0.4, 0.5) is 0 Å². The second kappa shape index (κ2) is 10.2. The highest BCUT2D eigenvalue weighted by Crippen LogP contribution is 2.27. The first-order valence-electron chi connectivity index (χ1n) is 11.3. The van der Waals surface area contributed by atoms with Crippen LogP contribution < -0.4 is 15.9 Å². The van der Waals surface area contributed by atoms with E-state index in [0.717, 1.165) is 60.1 Å². The molecule has 1 saturated heterocycles. The highest BCUT2D eigenvalue weighted by molar-refractivity contribution is 7.13. The van der Waals surface area contributed by atoms with Gasteiger partial charge in [0.15, 0.2) is 6.33 Å². The molecule has 1 aliphatic rings. The number of likely N-dealkylation sites (tertiary alicyclic amines) is 1. The zero-order chi connectivity index (χ0) is 23.3. The number of aromatic nitrogens is 6. The van der Waals surface area contributed by atoms with Crippen LogP contribution in [-0.2, 0) is 6.54 Å². The molecule has 0 radical (unpaired) electrons. The standard InChI is InChI=1S/C24H26N8OS/c25-7-1-4-17-11-26-24(27-12-17)32-15-19(28-16-32)14-31-8-2-5-18(13-31)23-29-20(10-22(33)30-23)21-6-3-9-34-21/h1,3-4,6,9-12,15-16,18H,2,5,7-8,13-14,25H2,(H,29,30,33)/p+1/b4-1-. The molecule has 4 N–H and O–H groups in total. The summed E-state index contributed by atoms with van der Waals surface area (Å²) in [6.07, 6.45) is 13.3. The lowest BCUT2D eigenvalue weighted by Crippen LogP contribution is -2.35. The number of nitrogens with one attached hydrogen (secondary N) is 2. The van der Waals surface area contributed by atoms with Crippen molar-refractivity contribution in [3.05, 3.63) is 82.0 Å². The zero-order valence-electron chi connectivity index (χ0n) is 18.7. The fourth-order valence-electron chi connectivity index (χ4n) is 4.24. The predicted octanol–water partition coefficient (Wildman–Crippen LogP) is 2.24. The first kappa shape index (κ1) is 22.3. The van der Waals surface area contributed by atoms with Crippen LogP contribution in [-0.4, -0.2) is 49.5 Å². The summed E-state index contributed by atoms with van der Waals surface area (Å²) in [5, 5.41) is 2.00. The molecule has 4 aromatic heterocycles. The average molecular weight is 476 g/mol. The van der Waals surface area contributed by atoms with Gasteiger partial charge < -0.3 is 10.7 Å². The number of hydrogen-bond acceptors (Lipinski definition) is 7. The lowest BCUT2D eigenvalue weighted by molar-refractivity contribution is -0.602. The number of nitrogens with zero attached hydrogens (tertiary/aromatic N) is 5. The molecule has 0 amide bonds. The van der Waals surface area contributed by atoms with Crippen LogP contribution in [0, 0.1) is 0 Å². The number of thiophene rings is 1. The molecule has 4 aromatic rings. The first-order valence-corrected chi connectivity index (χ1v) is 12.2. The maximum Gasteiger partial charge on any atom is 0.388 e. The van der Waals surface area contributed by atoms with E-state index >= 15 is 0 Å². The van der Waals surface area contributed by atoms with Crippen molar-refractivity contribution >= 4 is 17.4 Å². The number of H-pyrrole nitrogens is 2. The van der Waals surface area contributed by atoms with Gasteiger partial charge in [-0.3, -0.25) is 14.7 Å². The van der Waals surface area contributed by atoms with Crippen LogP contribution in [0.15, 0.2) is 59.4 Å². The highest BCUT2D eigenvalue weighted by atomic mass is 32.1. The van der Waals surface area contributed by atoms with Crippen LogP contribution in [0.5, 0.6) is 0 Å². The van der Waals surface area contributed by atoms with Crippen molar-refractivity contribution in [2.75, 3.05) is 19.6 Å². The van der Waals surface area contributed by atoms with Gasteiger partial charge in [0.2, 0.25) is 0 Å². The summed E-state index contributed by atoms with van der Waals surface area (Å²) in [6, 6.07) is 5.56. The Kier molecular flexibility index (Phi) is 6.70. The van der Waals surface area contributed by atoms with Gasteiger partial charge in [0.25, 0.3) is 5.56 Å². The normalized spacial score (nSPS) is 16.9. The van der Waals surface area contributed by atoms with Crippen molar-refractivity contribution in [1.82, 2.24) is 29.8 Å². The molecule has 5 rings (SSSR count). The van der Waals surface area contributed by atoms with E-state index in [1.54, 1.807) is 29.8 Å². The summed E-state index contributed by atoms with van der Waals surface area (Å²) < 4.78 is 1.89. The van der Waals surface area contributed by atoms with Crippen LogP contribution in [0.25, 0.3) is 22.6 Å². The smallest absolute Gasteiger partial charge is 0.327 e. The van der Waals surface area contributed by atoms with Crippen LogP contribution in [0.1, 0.15) is 35.8 Å². The van der Waals surface area contributed by atoms with Crippen molar-refractivity contribution in [3.8, 4) is 16.5 Å². The highest BCUT2D eigenvalue weighted by Gasteiger charge is 2.25. The molecule has 0 aliphatic carbocycles. The van der Waals surface area contributed by atoms with E-state index in [1.807, 2.05) is 46.8 Å². The van der Waals surface area contributed by atoms with E-state index in [2.05, 4.69) is 24.8 Å². The molecular weight excluding hydrogens is 448 g/mol. The van der Waals surface area contributed by atoms with E-state index in [0.29, 0.717) is 12.5 Å². The lowest BCUT2D eigenvalue weighted by atomic mass is 9.97. The van der Waals surface area contributed by atoms with Crippen molar-refractivity contribution in [2.45, 2.75) is 25.3 Å². The lowest BCUT2D eigenvalue weighted by Gasteiger charge is -2.31. The third kappa shape index (κ3) is 5.19. The van der Waals surface area contributed by atoms with E-state index in [9.17, 15) is 4.79 Å². The number of aromatic amines is 2. The molecule has 34 heavy (non-hydrogen) atoms. The van der Waals surface area contributed by atoms with Gasteiger partial charge in [0.1, 0.15) is 11.5 Å². The third-order valence-corrected chi connectivity index (χ3v) is 6.73. The fraction of sp³-hybridized carbons (Fsp3) is 0.292. The SMILES string of the molecule is NC/C=C\c1cnc(-[n+]2c[nH]c(CN3CCCC(c4nc(-c5cccs5)cc(=O)[nH]4)C3)c2)nc1. The minimum absolute atomic E-state index is 0.0968. The largest absolute Gasteiger partial charge is 0.388 e. The summed E-state index contributed by atoms with van der Waals surface area (Å²) in [7, 11) is 0. The second-order valence-corrected chi connectivity index (χ2v) is 9.30. The number of imidazole rings is 1. The Morgan fingerprint density at radius 1 is 1.32 bits per heavy atom. The Balaban J connectivity index is 1.26. The third-order valence-electron chi connectivity index (χ3n) is 5.84. The molecule has 1 fully saturated rings. The molecule has 1 unspecified atom stereocenters. The quantitative estimate of drug-likeness (QED) is 0.353. The van der Waals surface area contributed by atoms with Crippen LogP contribution >= 0.6 is 11.3 Å². The molecule has 0 aromatic carbocycles. The molecule has 174 valence electrons. The summed E-state index contributed by atoms with van der Waals surface area (Å²) >= 11 is 1.60. The van der Waals surface area contributed by atoms with E-state index in [4.69, 9.17) is 10.7 Å². The van der Waals surface area contributed by atoms with Gasteiger partial charge in [-0.05, 0) is 30.8 Å². The molecular formula is C24H27N8OS+. The number of piperidine rings is 1. The molecule has 1 aliphatic heterocycles. The predicted molar refractivity (Wildman–Crippen MR) is 131 cm³/mol. The number of nitrogens with two attached hydrogens (primary N) is 1. The summed E-state index contributed by atoms with van der Waals surface area (Å²) in [5.41, 5.74) is 8.14. The van der Waals surface area contributed by atoms with E-state index in [1.165, 1.54) is 0 Å². The Bertz CT molecular complexity index is 1310. The van der Waals surface area contributed by atoms with Crippen molar-refractivity contribution in [2.24, 2.45) is 5.73 Å². The molecule has 1 atom stereocenters. The topological polar surface area (TPSA) is 120 Å². The molecule has 0 spiro atoms. The molecule has 0 bridgehead atoms. The van der Waals surface area contributed by atoms with Crippen molar-refractivity contribution < 1.29 is 4.57 Å².